The quantitative estimate of drug-likeness (QED) is 0.590. The summed E-state index contributed by atoms with van der Waals surface area (Å²) < 4.78 is 5.26. The fraction of sp³-hybridized carbons (Fsp3) is 0.750. The summed E-state index contributed by atoms with van der Waals surface area (Å²) in [5.74, 6) is 0. The summed E-state index contributed by atoms with van der Waals surface area (Å²) in [4.78, 5) is 0. The maximum atomic E-state index is 8.38. The van der Waals surface area contributed by atoms with Crippen LogP contribution >= 0.6 is 0 Å². The van der Waals surface area contributed by atoms with Crippen LogP contribution in [-0.4, -0.2) is 24.4 Å². The molecule has 0 aromatic carbocycles. The van der Waals surface area contributed by atoms with Crippen LogP contribution in [0.5, 0.6) is 0 Å². The lowest BCUT2D eigenvalue weighted by Crippen LogP contribution is -2.05. The van der Waals surface area contributed by atoms with Crippen molar-refractivity contribution in [2.75, 3.05) is 13.2 Å². The van der Waals surface area contributed by atoms with Crippen LogP contribution in [0.3, 0.4) is 0 Å². The molecule has 0 amide bonds. The van der Waals surface area contributed by atoms with Crippen LogP contribution in [0.25, 0.3) is 0 Å². The highest BCUT2D eigenvalue weighted by Crippen LogP contribution is 1.97. The highest BCUT2D eigenvalue weighted by molar-refractivity contribution is 4.82. The van der Waals surface area contributed by atoms with E-state index in [4.69, 9.17) is 9.84 Å². The zero-order valence-corrected chi connectivity index (χ0v) is 6.71. The molecule has 0 saturated heterocycles. The maximum absolute atomic E-state index is 8.38. The van der Waals surface area contributed by atoms with Gasteiger partial charge in [-0.2, -0.15) is 0 Å². The Balaban J connectivity index is 3.20. The minimum atomic E-state index is 0.124. The number of hydrogen-bond acceptors (Lipinski definition) is 2. The Morgan fingerprint density at radius 2 is 2.20 bits per heavy atom. The summed E-state index contributed by atoms with van der Waals surface area (Å²) in [7, 11) is 0. The molecule has 0 aliphatic heterocycles. The molecule has 0 aliphatic rings. The van der Waals surface area contributed by atoms with Crippen LogP contribution in [0.2, 0.25) is 0 Å². The van der Waals surface area contributed by atoms with E-state index in [1.54, 1.807) is 6.08 Å². The van der Waals surface area contributed by atoms with Crippen LogP contribution in [0, 0.1) is 0 Å². The molecule has 0 saturated carbocycles. The van der Waals surface area contributed by atoms with E-state index in [-0.39, 0.29) is 12.7 Å². The van der Waals surface area contributed by atoms with Crippen molar-refractivity contribution < 1.29 is 9.84 Å². The van der Waals surface area contributed by atoms with Crippen molar-refractivity contribution in [3.63, 3.8) is 0 Å². The minimum absolute atomic E-state index is 0.124. The van der Waals surface area contributed by atoms with E-state index < -0.39 is 0 Å². The van der Waals surface area contributed by atoms with Crippen molar-refractivity contribution >= 4 is 0 Å². The van der Waals surface area contributed by atoms with Gasteiger partial charge in [0.2, 0.25) is 0 Å². The molecule has 10 heavy (non-hydrogen) atoms. The third-order valence-corrected chi connectivity index (χ3v) is 1.19. The van der Waals surface area contributed by atoms with E-state index in [0.717, 1.165) is 13.0 Å². The van der Waals surface area contributed by atoms with Gasteiger partial charge < -0.3 is 9.84 Å². The van der Waals surface area contributed by atoms with E-state index in [0.29, 0.717) is 0 Å². The second-order valence-corrected chi connectivity index (χ2v) is 2.16. The van der Waals surface area contributed by atoms with Crippen molar-refractivity contribution in [2.45, 2.75) is 26.4 Å². The Hall–Kier alpha value is -0.340. The summed E-state index contributed by atoms with van der Waals surface area (Å²) in [5, 5.41) is 8.38. The molecule has 0 rings (SSSR count). The van der Waals surface area contributed by atoms with Gasteiger partial charge >= 0.3 is 0 Å². The van der Waals surface area contributed by atoms with E-state index in [1.165, 1.54) is 0 Å². The third-order valence-electron chi connectivity index (χ3n) is 1.19. The maximum Gasteiger partial charge on any atom is 0.0612 e. The van der Waals surface area contributed by atoms with Gasteiger partial charge in [0.05, 0.1) is 12.7 Å². The number of aliphatic hydroxyl groups is 1. The predicted octanol–water partition coefficient (Wildman–Crippen LogP) is 1.35. The first-order valence-corrected chi connectivity index (χ1v) is 3.68. The summed E-state index contributed by atoms with van der Waals surface area (Å²) in [6, 6.07) is 0. The minimum Gasteiger partial charge on any atom is -0.392 e. The third kappa shape index (κ3) is 5.79. The van der Waals surface area contributed by atoms with E-state index in [2.05, 4.69) is 0 Å². The molecule has 1 N–H and O–H groups in total. The van der Waals surface area contributed by atoms with E-state index >= 15 is 0 Å². The van der Waals surface area contributed by atoms with Crippen LogP contribution in [-0.2, 0) is 4.74 Å². The highest BCUT2D eigenvalue weighted by Gasteiger charge is 1.94. The number of hydrogen-bond donors (Lipinski definition) is 1. The van der Waals surface area contributed by atoms with Gasteiger partial charge in [-0.15, -0.1) is 0 Å². The molecular formula is C8H16O2. The SMILES string of the molecule is CCOC(C)C/C=C/CO. The predicted molar refractivity (Wildman–Crippen MR) is 41.9 cm³/mol. The number of rotatable bonds is 5. The molecule has 0 radical (unpaired) electrons. The first-order chi connectivity index (χ1) is 4.81. The van der Waals surface area contributed by atoms with Gasteiger partial charge in [-0.05, 0) is 20.3 Å². The van der Waals surface area contributed by atoms with Crippen molar-refractivity contribution in [1.29, 1.82) is 0 Å². The molecule has 2 heteroatoms. The lowest BCUT2D eigenvalue weighted by Gasteiger charge is -2.07. The van der Waals surface area contributed by atoms with E-state index in [1.807, 2.05) is 19.9 Å². The van der Waals surface area contributed by atoms with Crippen LogP contribution < -0.4 is 0 Å². The average Bonchev–Trinajstić information content (AvgIpc) is 1.89. The standard InChI is InChI=1S/C8H16O2/c1-3-10-8(2)6-4-5-7-9/h4-5,8-9H,3,6-7H2,1-2H3/b5-4+. The molecule has 0 aromatic rings. The Labute approximate surface area is 62.5 Å². The molecule has 2 nitrogen and oxygen atoms in total. The summed E-state index contributed by atoms with van der Waals surface area (Å²) in [5.41, 5.74) is 0. The van der Waals surface area contributed by atoms with Crippen molar-refractivity contribution in [3.8, 4) is 0 Å². The van der Waals surface area contributed by atoms with E-state index in [9.17, 15) is 0 Å². The second kappa shape index (κ2) is 6.78. The first kappa shape index (κ1) is 9.66. The molecule has 1 atom stereocenters. The van der Waals surface area contributed by atoms with Gasteiger partial charge in [0, 0.05) is 6.61 Å². The average molecular weight is 144 g/mol. The summed E-state index contributed by atoms with van der Waals surface area (Å²) in [6.07, 6.45) is 4.82. The molecule has 0 fully saturated rings. The van der Waals surface area contributed by atoms with Crippen molar-refractivity contribution in [3.05, 3.63) is 12.2 Å². The van der Waals surface area contributed by atoms with Gasteiger partial charge in [-0.25, -0.2) is 0 Å². The zero-order chi connectivity index (χ0) is 7.82. The second-order valence-electron chi connectivity index (χ2n) is 2.16. The molecule has 1 unspecified atom stereocenters. The Morgan fingerprint density at radius 1 is 1.50 bits per heavy atom. The Kier molecular flexibility index (Phi) is 6.55. The van der Waals surface area contributed by atoms with Gasteiger partial charge in [-0.3, -0.25) is 0 Å². The Bertz CT molecular complexity index is 89.3. The number of ether oxygens (including phenoxy) is 1. The lowest BCUT2D eigenvalue weighted by atomic mass is 10.2. The fourth-order valence-corrected chi connectivity index (χ4v) is 0.715. The van der Waals surface area contributed by atoms with Gasteiger partial charge in [0.1, 0.15) is 0 Å². The number of aliphatic hydroxyl groups excluding tert-OH is 1. The topological polar surface area (TPSA) is 29.5 Å². The van der Waals surface area contributed by atoms with Crippen LogP contribution in [0.1, 0.15) is 20.3 Å². The lowest BCUT2D eigenvalue weighted by molar-refractivity contribution is 0.0786. The normalized spacial score (nSPS) is 14.3. The summed E-state index contributed by atoms with van der Waals surface area (Å²) >= 11 is 0. The van der Waals surface area contributed by atoms with Gasteiger partial charge in [0.15, 0.2) is 0 Å². The highest BCUT2D eigenvalue weighted by atomic mass is 16.5. The molecule has 0 bridgehead atoms. The van der Waals surface area contributed by atoms with Gasteiger partial charge in [-0.1, -0.05) is 12.2 Å². The molecular weight excluding hydrogens is 128 g/mol. The molecule has 0 aromatic heterocycles. The molecule has 0 heterocycles. The first-order valence-electron chi connectivity index (χ1n) is 3.68. The largest absolute Gasteiger partial charge is 0.392 e. The Morgan fingerprint density at radius 3 is 2.70 bits per heavy atom. The monoisotopic (exact) mass is 144 g/mol. The van der Waals surface area contributed by atoms with Crippen LogP contribution in [0.15, 0.2) is 12.2 Å². The summed E-state index contributed by atoms with van der Waals surface area (Å²) in [6.45, 7) is 4.88. The van der Waals surface area contributed by atoms with Gasteiger partial charge in [0.25, 0.3) is 0 Å². The smallest absolute Gasteiger partial charge is 0.0612 e. The van der Waals surface area contributed by atoms with Crippen LogP contribution in [0.4, 0.5) is 0 Å². The zero-order valence-electron chi connectivity index (χ0n) is 6.71. The van der Waals surface area contributed by atoms with Crippen molar-refractivity contribution in [2.24, 2.45) is 0 Å². The fourth-order valence-electron chi connectivity index (χ4n) is 0.715. The molecule has 60 valence electrons. The molecule has 0 aliphatic carbocycles. The molecule has 0 spiro atoms. The van der Waals surface area contributed by atoms with Crippen molar-refractivity contribution in [1.82, 2.24) is 0 Å².